The zero-order valence-electron chi connectivity index (χ0n) is 15.7. The van der Waals surface area contributed by atoms with Crippen LogP contribution >= 0.6 is 0 Å². The molecule has 1 N–H and O–H groups in total. The van der Waals surface area contributed by atoms with Crippen molar-refractivity contribution in [1.82, 2.24) is 10.2 Å². The van der Waals surface area contributed by atoms with E-state index in [1.54, 1.807) is 12.0 Å². The number of rotatable bonds is 6. The van der Waals surface area contributed by atoms with Gasteiger partial charge in [0.25, 0.3) is 0 Å². The van der Waals surface area contributed by atoms with Crippen molar-refractivity contribution in [2.24, 2.45) is 0 Å². The molecule has 1 aliphatic rings. The Balaban J connectivity index is 2.08. The minimum Gasteiger partial charge on any atom is -0.493 e. The van der Waals surface area contributed by atoms with Gasteiger partial charge in [-0.3, -0.25) is 9.59 Å². The van der Waals surface area contributed by atoms with Gasteiger partial charge in [0, 0.05) is 13.5 Å². The minimum atomic E-state index is -0.370. The van der Waals surface area contributed by atoms with Gasteiger partial charge in [-0.05, 0) is 51.3 Å². The van der Waals surface area contributed by atoms with E-state index in [1.807, 2.05) is 39.0 Å². The molecule has 1 saturated heterocycles. The SMILES string of the molecule is COc1cc([C@H](C)NC(=O)[C@H]2CCCN2C(C)=O)ccc1OC(C)C. The van der Waals surface area contributed by atoms with E-state index >= 15 is 0 Å². The molecule has 0 saturated carbocycles. The number of nitrogens with one attached hydrogen (secondary N) is 1. The van der Waals surface area contributed by atoms with Crippen molar-refractivity contribution in [3.63, 3.8) is 0 Å². The smallest absolute Gasteiger partial charge is 0.243 e. The summed E-state index contributed by atoms with van der Waals surface area (Å²) in [5.41, 5.74) is 0.925. The molecule has 1 aliphatic heterocycles. The molecule has 0 aromatic heterocycles. The Labute approximate surface area is 149 Å². The third kappa shape index (κ3) is 4.65. The fourth-order valence-electron chi connectivity index (χ4n) is 3.11. The molecule has 0 bridgehead atoms. The lowest BCUT2D eigenvalue weighted by molar-refractivity contribution is -0.137. The number of ether oxygens (including phenoxy) is 2. The van der Waals surface area contributed by atoms with E-state index in [9.17, 15) is 9.59 Å². The number of hydrogen-bond donors (Lipinski definition) is 1. The number of benzene rings is 1. The number of carbonyl (C=O) groups is 2. The molecule has 0 radical (unpaired) electrons. The van der Waals surface area contributed by atoms with Crippen molar-refractivity contribution in [2.45, 2.75) is 58.7 Å². The molecule has 2 amide bonds. The first-order valence-electron chi connectivity index (χ1n) is 8.75. The molecule has 2 rings (SSSR count). The molecule has 6 nitrogen and oxygen atoms in total. The quantitative estimate of drug-likeness (QED) is 0.858. The molecular weight excluding hydrogens is 320 g/mol. The van der Waals surface area contributed by atoms with Gasteiger partial charge in [0.15, 0.2) is 11.5 Å². The fraction of sp³-hybridized carbons (Fsp3) is 0.579. The molecule has 1 heterocycles. The van der Waals surface area contributed by atoms with Crippen LogP contribution in [0.15, 0.2) is 18.2 Å². The standard InChI is InChI=1S/C19H28N2O4/c1-12(2)25-17-9-8-15(11-18(17)24-5)13(3)20-19(23)16-7-6-10-21(16)14(4)22/h8-9,11-13,16H,6-7,10H2,1-5H3,(H,20,23)/t13-,16+/m0/s1. The summed E-state index contributed by atoms with van der Waals surface area (Å²) in [6.45, 7) is 7.99. The number of amides is 2. The van der Waals surface area contributed by atoms with Gasteiger partial charge in [0.05, 0.1) is 19.3 Å². The van der Waals surface area contributed by atoms with Gasteiger partial charge in [-0.25, -0.2) is 0 Å². The number of hydrogen-bond acceptors (Lipinski definition) is 4. The Bertz CT molecular complexity index is 630. The number of likely N-dealkylation sites (tertiary alicyclic amines) is 1. The predicted octanol–water partition coefficient (Wildman–Crippen LogP) is 2.67. The molecule has 0 aliphatic carbocycles. The summed E-state index contributed by atoms with van der Waals surface area (Å²) >= 11 is 0. The van der Waals surface area contributed by atoms with Crippen LogP contribution in [0.1, 0.15) is 52.1 Å². The summed E-state index contributed by atoms with van der Waals surface area (Å²) in [5.74, 6) is 1.15. The van der Waals surface area contributed by atoms with E-state index in [1.165, 1.54) is 6.92 Å². The monoisotopic (exact) mass is 348 g/mol. The third-order valence-electron chi connectivity index (χ3n) is 4.37. The van der Waals surface area contributed by atoms with E-state index in [-0.39, 0.29) is 30.0 Å². The highest BCUT2D eigenvalue weighted by atomic mass is 16.5. The Kier molecular flexibility index (Phi) is 6.28. The molecule has 1 aromatic rings. The Hall–Kier alpha value is -2.24. The van der Waals surface area contributed by atoms with Crippen molar-refractivity contribution in [3.05, 3.63) is 23.8 Å². The lowest BCUT2D eigenvalue weighted by Crippen LogP contribution is -2.45. The van der Waals surface area contributed by atoms with Crippen molar-refractivity contribution < 1.29 is 19.1 Å². The average Bonchev–Trinajstić information content (AvgIpc) is 3.04. The maximum Gasteiger partial charge on any atom is 0.243 e. The first-order chi connectivity index (χ1) is 11.8. The highest BCUT2D eigenvalue weighted by Gasteiger charge is 2.32. The summed E-state index contributed by atoms with van der Waals surface area (Å²) in [4.78, 5) is 25.8. The van der Waals surface area contributed by atoms with Crippen LogP contribution in [-0.4, -0.2) is 42.5 Å². The molecule has 0 unspecified atom stereocenters. The van der Waals surface area contributed by atoms with Crippen LogP contribution < -0.4 is 14.8 Å². The average molecular weight is 348 g/mol. The van der Waals surface area contributed by atoms with E-state index in [0.717, 1.165) is 12.0 Å². The van der Waals surface area contributed by atoms with Gasteiger partial charge in [-0.1, -0.05) is 6.07 Å². The fourth-order valence-corrected chi connectivity index (χ4v) is 3.11. The maximum absolute atomic E-state index is 12.5. The van der Waals surface area contributed by atoms with Crippen molar-refractivity contribution in [3.8, 4) is 11.5 Å². The van der Waals surface area contributed by atoms with Gasteiger partial charge in [0.2, 0.25) is 11.8 Å². The van der Waals surface area contributed by atoms with Crippen LogP contribution in [0.5, 0.6) is 11.5 Å². The highest BCUT2D eigenvalue weighted by Crippen LogP contribution is 2.31. The van der Waals surface area contributed by atoms with Crippen LogP contribution in [0, 0.1) is 0 Å². The van der Waals surface area contributed by atoms with Crippen molar-refractivity contribution >= 4 is 11.8 Å². The predicted molar refractivity (Wildman–Crippen MR) is 95.7 cm³/mol. The number of nitrogens with zero attached hydrogens (tertiary/aromatic N) is 1. The molecule has 2 atom stereocenters. The molecule has 25 heavy (non-hydrogen) atoms. The topological polar surface area (TPSA) is 67.9 Å². The van der Waals surface area contributed by atoms with Gasteiger partial charge in [0.1, 0.15) is 6.04 Å². The second-order valence-electron chi connectivity index (χ2n) is 6.68. The van der Waals surface area contributed by atoms with Gasteiger partial charge < -0.3 is 19.7 Å². The number of carbonyl (C=O) groups excluding carboxylic acids is 2. The van der Waals surface area contributed by atoms with E-state index in [4.69, 9.17) is 9.47 Å². The van der Waals surface area contributed by atoms with Crippen molar-refractivity contribution in [1.29, 1.82) is 0 Å². The first-order valence-corrected chi connectivity index (χ1v) is 8.75. The zero-order valence-corrected chi connectivity index (χ0v) is 15.7. The van der Waals surface area contributed by atoms with Gasteiger partial charge >= 0.3 is 0 Å². The summed E-state index contributed by atoms with van der Waals surface area (Å²) in [7, 11) is 1.60. The molecule has 0 spiro atoms. The molecule has 1 aromatic carbocycles. The second kappa shape index (κ2) is 8.23. The van der Waals surface area contributed by atoms with Crippen LogP contribution in [0.2, 0.25) is 0 Å². The first kappa shape index (κ1) is 19.1. The van der Waals surface area contributed by atoms with E-state index in [2.05, 4.69) is 5.32 Å². The number of methoxy groups -OCH3 is 1. The molecule has 138 valence electrons. The molecular formula is C19H28N2O4. The van der Waals surface area contributed by atoms with Crippen LogP contribution in [0.4, 0.5) is 0 Å². The largest absolute Gasteiger partial charge is 0.493 e. The Morgan fingerprint density at radius 3 is 2.56 bits per heavy atom. The van der Waals surface area contributed by atoms with E-state index < -0.39 is 0 Å². The van der Waals surface area contributed by atoms with Gasteiger partial charge in [-0.2, -0.15) is 0 Å². The van der Waals surface area contributed by atoms with Crippen LogP contribution in [0.25, 0.3) is 0 Å². The Morgan fingerprint density at radius 2 is 1.96 bits per heavy atom. The summed E-state index contributed by atoms with van der Waals surface area (Å²) < 4.78 is 11.1. The summed E-state index contributed by atoms with van der Waals surface area (Å²) in [6.07, 6.45) is 1.63. The van der Waals surface area contributed by atoms with Crippen LogP contribution in [0.3, 0.4) is 0 Å². The minimum absolute atomic E-state index is 0.0526. The lowest BCUT2D eigenvalue weighted by Gasteiger charge is -2.25. The van der Waals surface area contributed by atoms with Crippen molar-refractivity contribution in [2.75, 3.05) is 13.7 Å². The normalized spacial score (nSPS) is 18.2. The van der Waals surface area contributed by atoms with E-state index in [0.29, 0.717) is 24.5 Å². The Morgan fingerprint density at radius 1 is 1.24 bits per heavy atom. The summed E-state index contributed by atoms with van der Waals surface area (Å²) in [5, 5.41) is 3.01. The highest BCUT2D eigenvalue weighted by molar-refractivity contribution is 5.87. The van der Waals surface area contributed by atoms with Crippen LogP contribution in [-0.2, 0) is 9.59 Å². The lowest BCUT2D eigenvalue weighted by atomic mass is 10.1. The van der Waals surface area contributed by atoms with Gasteiger partial charge in [-0.15, -0.1) is 0 Å². The summed E-state index contributed by atoms with van der Waals surface area (Å²) in [6, 6.07) is 5.09. The second-order valence-corrected chi connectivity index (χ2v) is 6.68. The third-order valence-corrected chi connectivity index (χ3v) is 4.37. The zero-order chi connectivity index (χ0) is 18.6. The maximum atomic E-state index is 12.5. The molecule has 6 heteroatoms. The molecule has 1 fully saturated rings.